The van der Waals surface area contributed by atoms with Gasteiger partial charge < -0.3 is 15.0 Å². The van der Waals surface area contributed by atoms with Crippen molar-refractivity contribution >= 4 is 35.9 Å². The number of unbranched alkanes of at least 4 members (excludes halogenated alkanes) is 1. The molecule has 2 rings (SSSR count). The van der Waals surface area contributed by atoms with Crippen molar-refractivity contribution in [3.05, 3.63) is 0 Å². The molecule has 0 aromatic carbocycles. The second kappa shape index (κ2) is 10.4. The molecule has 134 valence electrons. The third kappa shape index (κ3) is 6.12. The van der Waals surface area contributed by atoms with Crippen LogP contribution in [0.25, 0.3) is 0 Å². The smallest absolute Gasteiger partial charge is 0.305 e. The number of hydrogen-bond donors (Lipinski definition) is 1. The second-order valence-electron chi connectivity index (χ2n) is 6.74. The maximum Gasteiger partial charge on any atom is 0.305 e. The van der Waals surface area contributed by atoms with E-state index in [4.69, 9.17) is 0 Å². The van der Waals surface area contributed by atoms with Crippen molar-refractivity contribution < 1.29 is 9.53 Å². The van der Waals surface area contributed by atoms with Crippen LogP contribution in [0, 0.1) is 5.41 Å². The van der Waals surface area contributed by atoms with Gasteiger partial charge >= 0.3 is 5.97 Å². The van der Waals surface area contributed by atoms with E-state index in [1.54, 1.807) is 0 Å². The molecular weight excluding hydrogens is 405 g/mol. The van der Waals surface area contributed by atoms with Gasteiger partial charge in [-0.2, -0.15) is 0 Å². The van der Waals surface area contributed by atoms with E-state index < -0.39 is 0 Å². The van der Waals surface area contributed by atoms with Crippen LogP contribution in [-0.2, 0) is 9.53 Å². The van der Waals surface area contributed by atoms with E-state index in [2.05, 4.69) is 19.9 Å². The highest BCUT2D eigenvalue weighted by Gasteiger charge is 2.39. The quantitative estimate of drug-likeness (QED) is 0.236. The van der Waals surface area contributed by atoms with E-state index in [0.717, 1.165) is 38.4 Å². The van der Waals surface area contributed by atoms with Crippen molar-refractivity contribution in [1.82, 2.24) is 10.2 Å². The molecule has 1 heterocycles. The third-order valence-corrected chi connectivity index (χ3v) is 5.18. The molecular formula is C17H32IN3O2. The number of esters is 1. The molecule has 5 nitrogen and oxygen atoms in total. The highest BCUT2D eigenvalue weighted by atomic mass is 127. The van der Waals surface area contributed by atoms with Gasteiger partial charge in [-0.1, -0.05) is 19.3 Å². The molecule has 0 aromatic heterocycles. The largest absolute Gasteiger partial charge is 0.469 e. The van der Waals surface area contributed by atoms with Crippen molar-refractivity contribution in [2.24, 2.45) is 10.4 Å². The molecule has 1 saturated heterocycles. The monoisotopic (exact) mass is 437 g/mol. The molecule has 1 aliphatic heterocycles. The molecule has 23 heavy (non-hydrogen) atoms. The molecule has 1 aliphatic carbocycles. The minimum Gasteiger partial charge on any atom is -0.469 e. The molecule has 1 spiro atoms. The van der Waals surface area contributed by atoms with Crippen molar-refractivity contribution in [1.29, 1.82) is 0 Å². The summed E-state index contributed by atoms with van der Waals surface area (Å²) in [6.45, 7) is 3.16. The van der Waals surface area contributed by atoms with Gasteiger partial charge in [-0.25, -0.2) is 0 Å². The predicted octanol–water partition coefficient (Wildman–Crippen LogP) is 3.18. The van der Waals surface area contributed by atoms with Gasteiger partial charge in [0.15, 0.2) is 5.96 Å². The first kappa shape index (κ1) is 20.5. The van der Waals surface area contributed by atoms with Crippen LogP contribution >= 0.6 is 24.0 Å². The predicted molar refractivity (Wildman–Crippen MR) is 104 cm³/mol. The SMILES string of the molecule is CN=C(NCCCCC(=O)OC)N1CCC2(CCCCC2)C1.I. The van der Waals surface area contributed by atoms with Gasteiger partial charge in [0.25, 0.3) is 0 Å². The number of likely N-dealkylation sites (tertiary alicyclic amines) is 1. The first-order chi connectivity index (χ1) is 10.7. The number of nitrogens with zero attached hydrogens (tertiary/aromatic N) is 2. The Labute approximate surface area is 157 Å². The van der Waals surface area contributed by atoms with Gasteiger partial charge in [-0.3, -0.25) is 9.79 Å². The number of methoxy groups -OCH3 is 1. The fourth-order valence-corrected chi connectivity index (χ4v) is 3.85. The molecule has 1 N–H and O–H groups in total. The summed E-state index contributed by atoms with van der Waals surface area (Å²) >= 11 is 0. The number of nitrogens with one attached hydrogen (secondary N) is 1. The van der Waals surface area contributed by atoms with Gasteiger partial charge in [0.2, 0.25) is 0 Å². The molecule has 0 amide bonds. The Balaban J connectivity index is 0.00000264. The average Bonchev–Trinajstić information content (AvgIpc) is 2.94. The lowest BCUT2D eigenvalue weighted by Crippen LogP contribution is -2.42. The first-order valence-corrected chi connectivity index (χ1v) is 8.71. The number of guanidine groups is 1. The molecule has 0 unspecified atom stereocenters. The highest BCUT2D eigenvalue weighted by molar-refractivity contribution is 14.0. The number of rotatable bonds is 5. The molecule has 0 bridgehead atoms. The van der Waals surface area contributed by atoms with E-state index in [1.165, 1.54) is 45.6 Å². The van der Waals surface area contributed by atoms with Crippen LogP contribution in [0.1, 0.15) is 57.8 Å². The lowest BCUT2D eigenvalue weighted by molar-refractivity contribution is -0.140. The van der Waals surface area contributed by atoms with E-state index in [-0.39, 0.29) is 29.9 Å². The highest BCUT2D eigenvalue weighted by Crippen LogP contribution is 2.43. The topological polar surface area (TPSA) is 53.9 Å². The molecule has 1 saturated carbocycles. The van der Waals surface area contributed by atoms with E-state index in [1.807, 2.05) is 7.05 Å². The normalized spacial score (nSPS) is 20.3. The summed E-state index contributed by atoms with van der Waals surface area (Å²) in [7, 11) is 3.31. The lowest BCUT2D eigenvalue weighted by atomic mass is 9.73. The minimum absolute atomic E-state index is 0. The van der Waals surface area contributed by atoms with E-state index in [0.29, 0.717) is 11.8 Å². The van der Waals surface area contributed by atoms with Crippen molar-refractivity contribution in [3.63, 3.8) is 0 Å². The minimum atomic E-state index is -0.122. The van der Waals surface area contributed by atoms with Crippen LogP contribution in [0.15, 0.2) is 4.99 Å². The second-order valence-corrected chi connectivity index (χ2v) is 6.74. The lowest BCUT2D eigenvalue weighted by Gasteiger charge is -2.33. The van der Waals surface area contributed by atoms with Crippen LogP contribution in [-0.4, -0.2) is 50.6 Å². The van der Waals surface area contributed by atoms with Gasteiger partial charge in [-0.05, 0) is 37.5 Å². The number of aliphatic imine (C=N–C) groups is 1. The zero-order valence-corrected chi connectivity index (χ0v) is 16.9. The molecule has 2 fully saturated rings. The summed E-state index contributed by atoms with van der Waals surface area (Å²) in [6, 6.07) is 0. The van der Waals surface area contributed by atoms with Crippen LogP contribution in [0.3, 0.4) is 0 Å². The number of halogens is 1. The summed E-state index contributed by atoms with van der Waals surface area (Å²) in [6.07, 6.45) is 10.6. The Morgan fingerprint density at radius 1 is 1.22 bits per heavy atom. The Kier molecular flexibility index (Phi) is 9.24. The van der Waals surface area contributed by atoms with Crippen LogP contribution in [0.4, 0.5) is 0 Å². The summed E-state index contributed by atoms with van der Waals surface area (Å²) in [5.41, 5.74) is 0.556. The third-order valence-electron chi connectivity index (χ3n) is 5.18. The van der Waals surface area contributed by atoms with Gasteiger partial charge in [0, 0.05) is 33.1 Å². The van der Waals surface area contributed by atoms with Crippen molar-refractivity contribution in [2.75, 3.05) is 33.8 Å². The zero-order valence-electron chi connectivity index (χ0n) is 14.6. The summed E-state index contributed by atoms with van der Waals surface area (Å²) in [5.74, 6) is 0.906. The van der Waals surface area contributed by atoms with Crippen LogP contribution in [0.2, 0.25) is 0 Å². The summed E-state index contributed by atoms with van der Waals surface area (Å²) < 4.78 is 4.65. The first-order valence-electron chi connectivity index (χ1n) is 8.71. The molecule has 6 heteroatoms. The summed E-state index contributed by atoms with van der Waals surface area (Å²) in [5, 5.41) is 3.45. The Morgan fingerprint density at radius 3 is 2.61 bits per heavy atom. The molecule has 0 aromatic rings. The standard InChI is InChI=1S/C17H31N3O2.HI/c1-18-16(19-12-7-4-8-15(21)22-2)20-13-11-17(14-20)9-5-3-6-10-17;/h3-14H2,1-2H3,(H,18,19);1H. The molecule has 0 radical (unpaired) electrons. The molecule has 0 atom stereocenters. The number of carbonyl (C=O) groups is 1. The average molecular weight is 437 g/mol. The number of carbonyl (C=O) groups excluding carboxylic acids is 1. The van der Waals surface area contributed by atoms with Gasteiger partial charge in [0.1, 0.15) is 0 Å². The van der Waals surface area contributed by atoms with Crippen LogP contribution < -0.4 is 5.32 Å². The number of hydrogen-bond acceptors (Lipinski definition) is 3. The van der Waals surface area contributed by atoms with Crippen molar-refractivity contribution in [3.8, 4) is 0 Å². The van der Waals surface area contributed by atoms with E-state index >= 15 is 0 Å². The van der Waals surface area contributed by atoms with Gasteiger partial charge in [0.05, 0.1) is 7.11 Å². The fraction of sp³-hybridized carbons (Fsp3) is 0.882. The maximum absolute atomic E-state index is 11.1. The van der Waals surface area contributed by atoms with Gasteiger partial charge in [-0.15, -0.1) is 24.0 Å². The van der Waals surface area contributed by atoms with E-state index in [9.17, 15) is 4.79 Å². The maximum atomic E-state index is 11.1. The van der Waals surface area contributed by atoms with Crippen LogP contribution in [0.5, 0.6) is 0 Å². The fourth-order valence-electron chi connectivity index (χ4n) is 3.85. The summed E-state index contributed by atoms with van der Waals surface area (Å²) in [4.78, 5) is 17.9. The Bertz CT molecular complexity index is 395. The Hall–Kier alpha value is -0.530. The number of ether oxygens (including phenoxy) is 1. The zero-order chi connectivity index (χ0) is 15.8. The molecule has 2 aliphatic rings. The Morgan fingerprint density at radius 2 is 1.96 bits per heavy atom. The van der Waals surface area contributed by atoms with Crippen molar-refractivity contribution in [2.45, 2.75) is 57.8 Å².